The molecule has 1 aromatic rings. The van der Waals surface area contributed by atoms with Crippen molar-refractivity contribution in [2.45, 2.75) is 25.8 Å². The van der Waals surface area contributed by atoms with Gasteiger partial charge in [0.1, 0.15) is 5.75 Å². The highest BCUT2D eigenvalue weighted by Gasteiger charge is 2.20. The van der Waals surface area contributed by atoms with Gasteiger partial charge in [0.05, 0.1) is 26.0 Å². The maximum absolute atomic E-state index is 12.6. The molecule has 1 aromatic carbocycles. The summed E-state index contributed by atoms with van der Waals surface area (Å²) in [6, 6.07) is 5.01. The molecule has 1 aliphatic heterocycles. The van der Waals surface area contributed by atoms with E-state index in [-0.39, 0.29) is 17.9 Å². The number of amides is 2. The first-order valence-electron chi connectivity index (χ1n) is 8.11. The predicted octanol–water partition coefficient (Wildman–Crippen LogP) is 1.23. The quantitative estimate of drug-likeness (QED) is 0.815. The maximum atomic E-state index is 12.6. The van der Waals surface area contributed by atoms with E-state index in [0.29, 0.717) is 56.1 Å². The zero-order chi connectivity index (χ0) is 17.5. The molecule has 3 N–H and O–H groups in total. The van der Waals surface area contributed by atoms with Crippen molar-refractivity contribution in [3.63, 3.8) is 0 Å². The van der Waals surface area contributed by atoms with Crippen molar-refractivity contribution in [2.75, 3.05) is 38.7 Å². The Hall–Kier alpha value is -2.12. The molecular weight excluding hydrogens is 310 g/mol. The minimum atomic E-state index is -0.151. The molecule has 7 heteroatoms. The van der Waals surface area contributed by atoms with Gasteiger partial charge in [0.2, 0.25) is 5.91 Å². The van der Waals surface area contributed by atoms with Crippen molar-refractivity contribution < 1.29 is 19.1 Å². The minimum absolute atomic E-state index is 0.0353. The molecule has 0 aliphatic carbocycles. The van der Waals surface area contributed by atoms with Crippen LogP contribution in [0.2, 0.25) is 0 Å². The molecule has 1 fully saturated rings. The van der Waals surface area contributed by atoms with Gasteiger partial charge in [0.25, 0.3) is 5.91 Å². The SMILES string of the molecule is COc1ccc(C(=O)N2CCOCC2)cc1NC(=O)CCC(C)N. The van der Waals surface area contributed by atoms with E-state index in [1.807, 2.05) is 6.92 Å². The van der Waals surface area contributed by atoms with Gasteiger partial charge >= 0.3 is 0 Å². The van der Waals surface area contributed by atoms with Gasteiger partial charge in [-0.05, 0) is 31.5 Å². The van der Waals surface area contributed by atoms with Gasteiger partial charge in [-0.1, -0.05) is 0 Å². The lowest BCUT2D eigenvalue weighted by atomic mass is 10.1. The summed E-state index contributed by atoms with van der Waals surface area (Å²) < 4.78 is 10.5. The number of carbonyl (C=O) groups is 2. The Labute approximate surface area is 142 Å². The summed E-state index contributed by atoms with van der Waals surface area (Å²) in [4.78, 5) is 26.3. The molecule has 1 saturated heterocycles. The lowest BCUT2D eigenvalue weighted by Gasteiger charge is -2.27. The van der Waals surface area contributed by atoms with Gasteiger partial charge in [0, 0.05) is 31.1 Å². The zero-order valence-electron chi connectivity index (χ0n) is 14.2. The second-order valence-corrected chi connectivity index (χ2v) is 5.88. The lowest BCUT2D eigenvalue weighted by Crippen LogP contribution is -2.40. The number of methoxy groups -OCH3 is 1. The number of ether oxygens (including phenoxy) is 2. The number of benzene rings is 1. The molecule has 0 saturated carbocycles. The van der Waals surface area contributed by atoms with Crippen molar-refractivity contribution in [3.05, 3.63) is 23.8 Å². The van der Waals surface area contributed by atoms with Crippen molar-refractivity contribution >= 4 is 17.5 Å². The zero-order valence-corrected chi connectivity index (χ0v) is 14.2. The van der Waals surface area contributed by atoms with E-state index >= 15 is 0 Å². The first-order valence-corrected chi connectivity index (χ1v) is 8.11. The highest BCUT2D eigenvalue weighted by Crippen LogP contribution is 2.26. The lowest BCUT2D eigenvalue weighted by molar-refractivity contribution is -0.116. The van der Waals surface area contributed by atoms with Crippen LogP contribution in [0.4, 0.5) is 5.69 Å². The molecule has 0 spiro atoms. The van der Waals surface area contributed by atoms with Crippen LogP contribution in [-0.2, 0) is 9.53 Å². The Balaban J connectivity index is 2.11. The van der Waals surface area contributed by atoms with Gasteiger partial charge < -0.3 is 25.4 Å². The first kappa shape index (κ1) is 18.2. The van der Waals surface area contributed by atoms with Crippen LogP contribution in [0.3, 0.4) is 0 Å². The molecule has 1 atom stereocenters. The maximum Gasteiger partial charge on any atom is 0.254 e. The normalized spacial score (nSPS) is 15.7. The third kappa shape index (κ3) is 4.94. The molecule has 0 bridgehead atoms. The van der Waals surface area contributed by atoms with E-state index in [9.17, 15) is 9.59 Å². The van der Waals surface area contributed by atoms with E-state index in [4.69, 9.17) is 15.2 Å². The largest absolute Gasteiger partial charge is 0.495 e. The number of nitrogens with zero attached hydrogens (tertiary/aromatic N) is 1. The summed E-state index contributed by atoms with van der Waals surface area (Å²) in [7, 11) is 1.52. The number of anilines is 1. The van der Waals surface area contributed by atoms with Crippen LogP contribution in [0.25, 0.3) is 0 Å². The molecule has 7 nitrogen and oxygen atoms in total. The van der Waals surface area contributed by atoms with E-state index in [0.717, 1.165) is 0 Å². The highest BCUT2D eigenvalue weighted by atomic mass is 16.5. The highest BCUT2D eigenvalue weighted by molar-refractivity contribution is 5.98. The van der Waals surface area contributed by atoms with E-state index < -0.39 is 0 Å². The van der Waals surface area contributed by atoms with Crippen LogP contribution < -0.4 is 15.8 Å². The van der Waals surface area contributed by atoms with Crippen LogP contribution in [0.15, 0.2) is 18.2 Å². The number of rotatable bonds is 6. The summed E-state index contributed by atoms with van der Waals surface area (Å²) >= 11 is 0. The van der Waals surface area contributed by atoms with Crippen LogP contribution in [0.5, 0.6) is 5.75 Å². The summed E-state index contributed by atoms with van der Waals surface area (Å²) in [6.07, 6.45) is 0.920. The average Bonchev–Trinajstić information content (AvgIpc) is 2.60. The Morgan fingerprint density at radius 3 is 2.71 bits per heavy atom. The number of hydrogen-bond acceptors (Lipinski definition) is 5. The van der Waals surface area contributed by atoms with E-state index in [1.54, 1.807) is 23.1 Å². The van der Waals surface area contributed by atoms with Gasteiger partial charge in [-0.2, -0.15) is 0 Å². The summed E-state index contributed by atoms with van der Waals surface area (Å²) in [6.45, 7) is 4.09. The van der Waals surface area contributed by atoms with Crippen molar-refractivity contribution in [1.29, 1.82) is 0 Å². The molecule has 1 heterocycles. The predicted molar refractivity (Wildman–Crippen MR) is 91.2 cm³/mol. The average molecular weight is 335 g/mol. The molecule has 1 aliphatic rings. The molecule has 0 radical (unpaired) electrons. The smallest absolute Gasteiger partial charge is 0.254 e. The third-order valence-corrected chi connectivity index (χ3v) is 3.85. The van der Waals surface area contributed by atoms with Gasteiger partial charge in [-0.15, -0.1) is 0 Å². The van der Waals surface area contributed by atoms with Crippen molar-refractivity contribution in [2.24, 2.45) is 5.73 Å². The Kier molecular flexibility index (Phi) is 6.57. The van der Waals surface area contributed by atoms with Crippen LogP contribution in [0.1, 0.15) is 30.1 Å². The molecule has 0 aromatic heterocycles. The van der Waals surface area contributed by atoms with Gasteiger partial charge in [0.15, 0.2) is 0 Å². The summed E-state index contributed by atoms with van der Waals surface area (Å²) in [5.41, 5.74) is 6.68. The molecule has 132 valence electrons. The number of carbonyl (C=O) groups excluding carboxylic acids is 2. The van der Waals surface area contributed by atoms with Gasteiger partial charge in [-0.3, -0.25) is 9.59 Å². The van der Waals surface area contributed by atoms with Crippen molar-refractivity contribution in [1.82, 2.24) is 4.90 Å². The molecule has 24 heavy (non-hydrogen) atoms. The molecular formula is C17H25N3O4. The van der Waals surface area contributed by atoms with Crippen molar-refractivity contribution in [3.8, 4) is 5.75 Å². The fourth-order valence-electron chi connectivity index (χ4n) is 2.46. The fourth-order valence-corrected chi connectivity index (χ4v) is 2.46. The number of morpholine rings is 1. The van der Waals surface area contributed by atoms with E-state index in [1.165, 1.54) is 7.11 Å². The van der Waals surface area contributed by atoms with E-state index in [2.05, 4.69) is 5.32 Å². The molecule has 2 rings (SSSR count). The number of hydrogen-bond donors (Lipinski definition) is 2. The third-order valence-electron chi connectivity index (χ3n) is 3.85. The number of nitrogens with one attached hydrogen (secondary N) is 1. The monoisotopic (exact) mass is 335 g/mol. The minimum Gasteiger partial charge on any atom is -0.495 e. The topological polar surface area (TPSA) is 93.9 Å². The van der Waals surface area contributed by atoms with Crippen LogP contribution >= 0.6 is 0 Å². The number of nitrogens with two attached hydrogens (primary N) is 1. The Morgan fingerprint density at radius 2 is 2.08 bits per heavy atom. The molecule has 2 amide bonds. The standard InChI is InChI=1S/C17H25N3O4/c1-12(18)3-6-16(21)19-14-11-13(4-5-15(14)23-2)17(22)20-7-9-24-10-8-20/h4-5,11-12H,3,6-10,18H2,1-2H3,(H,19,21). The molecule has 1 unspecified atom stereocenters. The van der Waals surface area contributed by atoms with Crippen LogP contribution in [-0.4, -0.2) is 56.2 Å². The second kappa shape index (κ2) is 8.65. The Morgan fingerprint density at radius 1 is 1.38 bits per heavy atom. The summed E-state index contributed by atoms with van der Waals surface area (Å²) in [5.74, 6) is 0.288. The Bertz CT molecular complexity index is 583. The fraction of sp³-hybridized carbons (Fsp3) is 0.529. The first-order chi connectivity index (χ1) is 11.5. The summed E-state index contributed by atoms with van der Waals surface area (Å²) in [5, 5.41) is 2.80. The van der Waals surface area contributed by atoms with Crippen LogP contribution in [0, 0.1) is 0 Å². The van der Waals surface area contributed by atoms with Gasteiger partial charge in [-0.25, -0.2) is 0 Å². The second-order valence-electron chi connectivity index (χ2n) is 5.88.